The van der Waals surface area contributed by atoms with E-state index in [1.165, 1.54) is 26.2 Å². The number of amides is 2. The number of nitrogens with one attached hydrogen (secondary N) is 1. The van der Waals surface area contributed by atoms with Gasteiger partial charge < -0.3 is 58.3 Å². The molecule has 0 radical (unpaired) electrons. The summed E-state index contributed by atoms with van der Waals surface area (Å²) in [4.78, 5) is 85.4. The maximum atomic E-state index is 14.8. The molecule has 18 heteroatoms. The zero-order valence-electron chi connectivity index (χ0n) is 46.6. The van der Waals surface area contributed by atoms with E-state index in [-0.39, 0.29) is 93.8 Å². The number of carbonyl (C=O) groups is 6. The fraction of sp³-hybridized carbons (Fsp3) is 0.754. The molecule has 0 spiro atoms. The van der Waals surface area contributed by atoms with Gasteiger partial charge in [-0.15, -0.1) is 0 Å². The molecule has 0 aromatic rings. The largest absolute Gasteiger partial charge is 0.460 e. The predicted octanol–water partition coefficient (Wildman–Crippen LogP) is 6.58. The Morgan fingerprint density at radius 3 is 2.29 bits per heavy atom. The second-order valence-corrected chi connectivity index (χ2v) is 21.4. The highest BCUT2D eigenvalue weighted by atomic mass is 16.7. The van der Waals surface area contributed by atoms with E-state index in [0.29, 0.717) is 56.9 Å². The van der Waals surface area contributed by atoms with Crippen LogP contribution in [0.3, 0.4) is 0 Å². The van der Waals surface area contributed by atoms with Gasteiger partial charge in [-0.2, -0.15) is 0 Å². The van der Waals surface area contributed by atoms with Gasteiger partial charge in [-0.1, -0.05) is 71.1 Å². The van der Waals surface area contributed by atoms with E-state index < -0.39 is 83.9 Å². The topological polar surface area (TPSA) is 232 Å². The number of ketones is 3. The number of carbonyl (C=O) groups excluding carboxylic acids is 6. The molecule has 1 aliphatic carbocycles. The monoisotopic (exact) mass is 1060 g/mol. The van der Waals surface area contributed by atoms with Crippen molar-refractivity contribution in [2.75, 3.05) is 61.3 Å². The highest BCUT2D eigenvalue weighted by Gasteiger charge is 2.55. The number of hydrogen-bond acceptors (Lipinski definition) is 16. The molecule has 3 heterocycles. The lowest BCUT2D eigenvalue weighted by atomic mass is 9.78. The maximum absolute atomic E-state index is 14.8. The van der Waals surface area contributed by atoms with Gasteiger partial charge in [0.15, 0.2) is 5.78 Å². The summed E-state index contributed by atoms with van der Waals surface area (Å²) in [6, 6.07) is -1.13. The maximum Gasteiger partial charge on any atom is 0.406 e. The highest BCUT2D eigenvalue weighted by Crippen LogP contribution is 2.40. The van der Waals surface area contributed by atoms with Crippen LogP contribution in [0.2, 0.25) is 0 Å². The molecule has 4 aliphatic rings. The lowest BCUT2D eigenvalue weighted by Gasteiger charge is -2.45. The van der Waals surface area contributed by atoms with Crippen LogP contribution in [0.4, 0.5) is 4.79 Å². The quantitative estimate of drug-likeness (QED) is 0.0766. The summed E-state index contributed by atoms with van der Waals surface area (Å²) < 4.78 is 47.7. The molecule has 15 atom stereocenters. The zero-order valence-corrected chi connectivity index (χ0v) is 46.6. The minimum atomic E-state index is -1.98. The summed E-state index contributed by atoms with van der Waals surface area (Å²) in [6.07, 6.45) is 11.1. The number of Topliss-reactive ketones (excluding diaryl/α,β-unsaturated/α-hetero) is 3. The Hall–Kier alpha value is -4.14. The first-order valence-corrected chi connectivity index (χ1v) is 27.2. The van der Waals surface area contributed by atoms with Crippen molar-refractivity contribution in [2.45, 2.75) is 180 Å². The third-order valence-electron chi connectivity index (χ3n) is 15.7. The van der Waals surface area contributed by atoms with Gasteiger partial charge in [0.05, 0.1) is 44.2 Å². The Bertz CT molecular complexity index is 2000. The van der Waals surface area contributed by atoms with Crippen LogP contribution in [0.5, 0.6) is 0 Å². The van der Waals surface area contributed by atoms with Gasteiger partial charge in [-0.25, -0.2) is 9.59 Å². The number of hydrogen-bond donors (Lipinski definition) is 3. The molecule has 1 unspecified atom stereocenters. The number of fused-ring (bicyclic) bond motifs is 3. The molecule has 4 rings (SSSR count). The average molecular weight is 1060 g/mol. The second kappa shape index (κ2) is 31.3. The van der Waals surface area contributed by atoms with Crippen molar-refractivity contribution >= 4 is 35.3 Å². The Kier molecular flexibility index (Phi) is 26.5. The molecule has 18 nitrogen and oxygen atoms in total. The first-order valence-electron chi connectivity index (χ1n) is 27.2. The first-order chi connectivity index (χ1) is 35.7. The molecular formula is C57H90N2O16. The minimum Gasteiger partial charge on any atom is -0.460 e. The van der Waals surface area contributed by atoms with Gasteiger partial charge in [0.2, 0.25) is 5.79 Å². The molecule has 3 aliphatic heterocycles. The number of aliphatic hydroxyl groups is 2. The van der Waals surface area contributed by atoms with E-state index in [4.69, 9.17) is 37.9 Å². The average Bonchev–Trinajstić information content (AvgIpc) is 3.40. The smallest absolute Gasteiger partial charge is 0.406 e. The van der Waals surface area contributed by atoms with Crippen molar-refractivity contribution in [3.8, 4) is 0 Å². The van der Waals surface area contributed by atoms with Crippen molar-refractivity contribution in [3.05, 3.63) is 47.6 Å². The molecule has 3 N–H and O–H groups in total. The minimum absolute atomic E-state index is 0.0222. The van der Waals surface area contributed by atoms with E-state index in [1.54, 1.807) is 40.9 Å². The van der Waals surface area contributed by atoms with Gasteiger partial charge in [-0.3, -0.25) is 19.2 Å². The highest BCUT2D eigenvalue weighted by molar-refractivity contribution is 6.39. The van der Waals surface area contributed by atoms with Gasteiger partial charge in [0.25, 0.3) is 11.7 Å². The van der Waals surface area contributed by atoms with Crippen LogP contribution < -0.4 is 5.32 Å². The van der Waals surface area contributed by atoms with E-state index in [9.17, 15) is 39.0 Å². The Morgan fingerprint density at radius 2 is 1.61 bits per heavy atom. The second-order valence-electron chi connectivity index (χ2n) is 21.4. The van der Waals surface area contributed by atoms with Crippen molar-refractivity contribution in [1.29, 1.82) is 0 Å². The number of alkyl carbamates (subject to hydrolysis) is 1. The number of aliphatic hydroxyl groups excluding tert-OH is 2. The summed E-state index contributed by atoms with van der Waals surface area (Å²) in [7, 11) is 5.80. The van der Waals surface area contributed by atoms with E-state index in [0.717, 1.165) is 12.0 Å². The SMILES string of the molecule is CNC(=O)OCCOC1C[C@@H]2CC[C@@H](C)[C@@](OC)(O2)C(=O)C(=O)N2CCCC[C@H]2C(=O)O[C@H]([C@H](C)C[C@@H]2CC[C@@H](OCCO)[C@H](OC)C2)CC(=O)[C@H](C)/C=C(\C)[C@@H](O)[C@@H](OC)C(=O)[C@H](C)C[C@H](C)/C=C/C=C/C=C/1C. The zero-order chi connectivity index (χ0) is 55.4. The molecule has 3 fully saturated rings. The van der Waals surface area contributed by atoms with Crippen molar-refractivity contribution in [2.24, 2.45) is 35.5 Å². The van der Waals surface area contributed by atoms with Crippen LogP contribution >= 0.6 is 0 Å². The van der Waals surface area contributed by atoms with E-state index >= 15 is 0 Å². The van der Waals surface area contributed by atoms with Crippen LogP contribution in [0.15, 0.2) is 47.6 Å². The molecule has 1 saturated carbocycles. The fourth-order valence-corrected chi connectivity index (χ4v) is 11.1. The van der Waals surface area contributed by atoms with Crippen LogP contribution in [0.1, 0.15) is 126 Å². The fourth-order valence-electron chi connectivity index (χ4n) is 11.1. The molecular weight excluding hydrogens is 969 g/mol. The number of nitrogens with zero attached hydrogens (tertiary/aromatic N) is 1. The van der Waals surface area contributed by atoms with Crippen molar-refractivity contribution in [1.82, 2.24) is 10.2 Å². The number of piperidine rings is 1. The van der Waals surface area contributed by atoms with Crippen LogP contribution in [-0.4, -0.2) is 166 Å². The van der Waals surface area contributed by atoms with E-state index in [2.05, 4.69) is 5.32 Å². The normalized spacial score (nSPS) is 36.5. The van der Waals surface area contributed by atoms with Crippen LogP contribution in [-0.2, 0) is 61.9 Å². The summed E-state index contributed by atoms with van der Waals surface area (Å²) in [5, 5.41) is 23.4. The molecule has 2 bridgehead atoms. The summed E-state index contributed by atoms with van der Waals surface area (Å²) in [5.41, 5.74) is 1.19. The summed E-state index contributed by atoms with van der Waals surface area (Å²) >= 11 is 0. The number of allylic oxidation sites excluding steroid dienone is 6. The van der Waals surface area contributed by atoms with Crippen LogP contribution in [0.25, 0.3) is 0 Å². The molecule has 2 amide bonds. The van der Waals surface area contributed by atoms with Crippen molar-refractivity contribution in [3.63, 3.8) is 0 Å². The molecule has 0 aromatic heterocycles. The number of methoxy groups -OCH3 is 3. The summed E-state index contributed by atoms with van der Waals surface area (Å²) in [5.74, 6) is -7.14. The lowest BCUT2D eigenvalue weighted by molar-refractivity contribution is -0.277. The molecule has 2 saturated heterocycles. The number of cyclic esters (lactones) is 1. The molecule has 424 valence electrons. The first kappa shape index (κ1) is 63.4. The van der Waals surface area contributed by atoms with Crippen LogP contribution in [0, 0.1) is 35.5 Å². The summed E-state index contributed by atoms with van der Waals surface area (Å²) in [6.45, 7) is 13.0. The number of rotatable bonds is 13. The lowest BCUT2D eigenvalue weighted by Crippen LogP contribution is -2.61. The Balaban J connectivity index is 1.74. The predicted molar refractivity (Wildman–Crippen MR) is 280 cm³/mol. The molecule has 0 aromatic carbocycles. The van der Waals surface area contributed by atoms with Gasteiger partial charge >= 0.3 is 12.1 Å². The standard InChI is InChI=1S/C57H90N2O16/c1-35-17-13-12-14-18-36(2)47(72-27-28-73-56(67)58-8)33-43-22-20-41(7)57(70-11,75-43)53(64)54(65)59-24-16-15-19-44(59)55(66)74-48(38(4)31-42-21-23-46(71-26-25-60)49(32-42)68-9)34-45(61)37(3)30-40(6)51(63)52(69-10)50(62)39(5)29-35/h12-14,17-18,30,35,37-39,41-44,46-49,51-52,60,63H,15-16,19-29,31-34H2,1-11H3,(H,58,67)/b14-12+,17-13+,36-18+,40-30+/t35-,37-,38-,39-,41-,42+,43+,44+,46-,47?,48+,49-,51-,52+,57-/m1/s1. The van der Waals surface area contributed by atoms with E-state index in [1.807, 2.05) is 51.2 Å². The van der Waals surface area contributed by atoms with Gasteiger partial charge in [0, 0.05) is 65.5 Å². The Morgan fingerprint density at radius 1 is 0.867 bits per heavy atom. The third-order valence-corrected chi connectivity index (χ3v) is 15.7. The number of esters is 1. The third kappa shape index (κ3) is 18.0. The van der Waals surface area contributed by atoms with Gasteiger partial charge in [0.1, 0.15) is 36.7 Å². The van der Waals surface area contributed by atoms with Gasteiger partial charge in [-0.05, 0) is 107 Å². The molecule has 75 heavy (non-hydrogen) atoms. The van der Waals surface area contributed by atoms with Crippen molar-refractivity contribution < 1.29 is 76.9 Å². The number of ether oxygens (including phenoxy) is 8. The Labute approximate surface area is 445 Å².